The predicted octanol–water partition coefficient (Wildman–Crippen LogP) is 2.89. The van der Waals surface area contributed by atoms with E-state index in [-0.39, 0.29) is 11.8 Å². The minimum atomic E-state index is -0.279. The minimum Gasteiger partial charge on any atom is -0.379 e. The van der Waals surface area contributed by atoms with Gasteiger partial charge in [-0.05, 0) is 54.8 Å². The van der Waals surface area contributed by atoms with Crippen molar-refractivity contribution in [1.29, 1.82) is 0 Å². The zero-order valence-corrected chi connectivity index (χ0v) is 19.9. The standard InChI is InChI=1S/C26H32N4O3/c1-18-5-6-20(17-19(18)2)23-24(27-21-7-9-22(10-8-21)28(3)4)26(32)30(25(23)31)12-11-29-13-15-33-16-14-29/h5-10,17,27H,11-16H2,1-4H3. The van der Waals surface area contributed by atoms with Crippen molar-refractivity contribution in [2.45, 2.75) is 13.8 Å². The number of ether oxygens (including phenoxy) is 1. The number of aryl methyl sites for hydroxylation is 2. The number of benzene rings is 2. The molecule has 0 radical (unpaired) electrons. The molecule has 0 unspecified atom stereocenters. The van der Waals surface area contributed by atoms with E-state index in [1.54, 1.807) is 0 Å². The van der Waals surface area contributed by atoms with Crippen molar-refractivity contribution in [1.82, 2.24) is 9.80 Å². The Morgan fingerprint density at radius 3 is 2.24 bits per heavy atom. The summed E-state index contributed by atoms with van der Waals surface area (Å²) in [4.78, 5) is 32.5. The second-order valence-corrected chi connectivity index (χ2v) is 8.83. The van der Waals surface area contributed by atoms with Gasteiger partial charge < -0.3 is 15.0 Å². The lowest BCUT2D eigenvalue weighted by molar-refractivity contribution is -0.137. The molecular formula is C26H32N4O3. The predicted molar refractivity (Wildman–Crippen MR) is 131 cm³/mol. The molecule has 1 N–H and O–H groups in total. The Hall–Kier alpha value is -3.16. The van der Waals surface area contributed by atoms with E-state index in [0.717, 1.165) is 41.2 Å². The molecule has 2 aliphatic rings. The van der Waals surface area contributed by atoms with Gasteiger partial charge in [0, 0.05) is 51.6 Å². The second kappa shape index (κ2) is 9.77. The van der Waals surface area contributed by atoms with E-state index in [4.69, 9.17) is 4.74 Å². The summed E-state index contributed by atoms with van der Waals surface area (Å²) < 4.78 is 5.41. The summed E-state index contributed by atoms with van der Waals surface area (Å²) in [6.07, 6.45) is 0. The van der Waals surface area contributed by atoms with Crippen LogP contribution in [0.15, 0.2) is 48.2 Å². The van der Waals surface area contributed by atoms with Crippen LogP contribution in [-0.4, -0.2) is 75.1 Å². The van der Waals surface area contributed by atoms with E-state index in [1.807, 2.05) is 75.3 Å². The Balaban J connectivity index is 1.63. The summed E-state index contributed by atoms with van der Waals surface area (Å²) in [6, 6.07) is 13.7. The van der Waals surface area contributed by atoms with Crippen molar-refractivity contribution in [3.8, 4) is 0 Å². The van der Waals surface area contributed by atoms with Gasteiger partial charge in [0.1, 0.15) is 5.70 Å². The molecule has 7 nitrogen and oxygen atoms in total. The molecule has 0 spiro atoms. The van der Waals surface area contributed by atoms with Crippen LogP contribution in [0.1, 0.15) is 16.7 Å². The van der Waals surface area contributed by atoms with Crippen LogP contribution in [0.5, 0.6) is 0 Å². The highest BCUT2D eigenvalue weighted by atomic mass is 16.5. The summed E-state index contributed by atoms with van der Waals surface area (Å²) >= 11 is 0. The lowest BCUT2D eigenvalue weighted by Crippen LogP contribution is -2.43. The van der Waals surface area contributed by atoms with Crippen molar-refractivity contribution in [2.75, 3.05) is 63.7 Å². The fourth-order valence-corrected chi connectivity index (χ4v) is 4.11. The first-order valence-corrected chi connectivity index (χ1v) is 11.4. The van der Waals surface area contributed by atoms with Crippen molar-refractivity contribution < 1.29 is 14.3 Å². The first kappa shape index (κ1) is 23.0. The molecule has 2 heterocycles. The summed E-state index contributed by atoms with van der Waals surface area (Å²) in [5.41, 5.74) is 5.59. The van der Waals surface area contributed by atoms with Crippen molar-refractivity contribution >= 4 is 28.8 Å². The number of amides is 2. The fourth-order valence-electron chi connectivity index (χ4n) is 4.11. The minimum absolute atomic E-state index is 0.246. The molecule has 174 valence electrons. The number of imide groups is 1. The highest BCUT2D eigenvalue weighted by Crippen LogP contribution is 2.31. The zero-order chi connectivity index (χ0) is 23.5. The summed E-state index contributed by atoms with van der Waals surface area (Å²) in [7, 11) is 3.96. The summed E-state index contributed by atoms with van der Waals surface area (Å²) in [5.74, 6) is -0.526. The Morgan fingerprint density at radius 2 is 1.61 bits per heavy atom. The van der Waals surface area contributed by atoms with Gasteiger partial charge in [-0.1, -0.05) is 18.2 Å². The van der Waals surface area contributed by atoms with Crippen LogP contribution in [0.2, 0.25) is 0 Å². The third kappa shape index (κ3) is 4.94. The number of nitrogens with zero attached hydrogens (tertiary/aromatic N) is 3. The van der Waals surface area contributed by atoms with Crippen LogP contribution in [0, 0.1) is 13.8 Å². The molecule has 2 aromatic rings. The van der Waals surface area contributed by atoms with Crippen molar-refractivity contribution in [2.24, 2.45) is 0 Å². The van der Waals surface area contributed by atoms with Gasteiger partial charge in [-0.2, -0.15) is 0 Å². The van der Waals surface area contributed by atoms with Gasteiger partial charge in [-0.15, -0.1) is 0 Å². The van der Waals surface area contributed by atoms with Gasteiger partial charge in [0.2, 0.25) is 0 Å². The maximum atomic E-state index is 13.5. The average molecular weight is 449 g/mol. The van der Waals surface area contributed by atoms with Crippen LogP contribution < -0.4 is 10.2 Å². The zero-order valence-electron chi connectivity index (χ0n) is 19.9. The summed E-state index contributed by atoms with van der Waals surface area (Å²) in [6.45, 7) is 8.06. The fraction of sp³-hybridized carbons (Fsp3) is 0.385. The van der Waals surface area contributed by atoms with E-state index < -0.39 is 0 Å². The highest BCUT2D eigenvalue weighted by Gasteiger charge is 2.39. The van der Waals surface area contributed by atoms with Gasteiger partial charge in [-0.3, -0.25) is 19.4 Å². The molecule has 0 aromatic heterocycles. The molecule has 2 aromatic carbocycles. The van der Waals surface area contributed by atoms with Gasteiger partial charge in [0.25, 0.3) is 11.8 Å². The van der Waals surface area contributed by atoms with Crippen LogP contribution in [0.4, 0.5) is 11.4 Å². The van der Waals surface area contributed by atoms with Crippen LogP contribution >= 0.6 is 0 Å². The van der Waals surface area contributed by atoms with Gasteiger partial charge in [-0.25, -0.2) is 0 Å². The number of hydrogen-bond acceptors (Lipinski definition) is 6. The number of rotatable bonds is 7. The molecule has 4 rings (SSSR count). The monoisotopic (exact) mass is 448 g/mol. The van der Waals surface area contributed by atoms with Crippen molar-refractivity contribution in [3.63, 3.8) is 0 Å². The number of nitrogens with one attached hydrogen (secondary N) is 1. The van der Waals surface area contributed by atoms with Crippen LogP contribution in [0.25, 0.3) is 5.57 Å². The molecule has 0 aliphatic carbocycles. The van der Waals surface area contributed by atoms with E-state index in [9.17, 15) is 9.59 Å². The molecule has 1 saturated heterocycles. The molecule has 2 amide bonds. The third-order valence-electron chi connectivity index (χ3n) is 6.36. The Kier molecular flexibility index (Phi) is 6.81. The summed E-state index contributed by atoms with van der Waals surface area (Å²) in [5, 5.41) is 3.25. The third-order valence-corrected chi connectivity index (χ3v) is 6.36. The maximum absolute atomic E-state index is 13.5. The Morgan fingerprint density at radius 1 is 0.909 bits per heavy atom. The van der Waals surface area contributed by atoms with E-state index in [2.05, 4.69) is 10.2 Å². The Labute approximate surface area is 195 Å². The SMILES string of the molecule is Cc1ccc(C2=C(Nc3ccc(N(C)C)cc3)C(=O)N(CCN3CCOCC3)C2=O)cc1C. The van der Waals surface area contributed by atoms with Gasteiger partial charge >= 0.3 is 0 Å². The van der Waals surface area contributed by atoms with Gasteiger partial charge in [0.15, 0.2) is 0 Å². The highest BCUT2D eigenvalue weighted by molar-refractivity contribution is 6.36. The quantitative estimate of drug-likeness (QED) is 0.657. The average Bonchev–Trinajstić information content (AvgIpc) is 3.04. The normalized spacial score (nSPS) is 17.2. The molecule has 1 fully saturated rings. The lowest BCUT2D eigenvalue weighted by Gasteiger charge is -2.28. The molecule has 2 aliphatic heterocycles. The number of hydrogen-bond donors (Lipinski definition) is 1. The Bertz CT molecular complexity index is 1070. The molecule has 33 heavy (non-hydrogen) atoms. The smallest absolute Gasteiger partial charge is 0.278 e. The van der Waals surface area contributed by atoms with Gasteiger partial charge in [0.05, 0.1) is 18.8 Å². The second-order valence-electron chi connectivity index (χ2n) is 8.83. The lowest BCUT2D eigenvalue weighted by atomic mass is 9.99. The number of carbonyl (C=O) groups is 2. The maximum Gasteiger partial charge on any atom is 0.278 e. The molecule has 7 heteroatoms. The van der Waals surface area contributed by atoms with E-state index in [0.29, 0.717) is 37.6 Å². The number of morpholine rings is 1. The van der Waals surface area contributed by atoms with Crippen LogP contribution in [-0.2, 0) is 14.3 Å². The molecule has 0 saturated carbocycles. The largest absolute Gasteiger partial charge is 0.379 e. The van der Waals surface area contributed by atoms with Crippen LogP contribution in [0.3, 0.4) is 0 Å². The van der Waals surface area contributed by atoms with E-state index in [1.165, 1.54) is 4.90 Å². The first-order chi connectivity index (χ1) is 15.8. The van der Waals surface area contributed by atoms with E-state index >= 15 is 0 Å². The first-order valence-electron chi connectivity index (χ1n) is 11.4. The number of anilines is 2. The topological polar surface area (TPSA) is 65.1 Å². The number of carbonyl (C=O) groups excluding carboxylic acids is 2. The molecule has 0 atom stereocenters. The molecule has 0 bridgehead atoms. The van der Waals surface area contributed by atoms with Crippen molar-refractivity contribution in [3.05, 3.63) is 64.9 Å². The molecular weight excluding hydrogens is 416 g/mol.